The predicted octanol–water partition coefficient (Wildman–Crippen LogP) is 4.53. The van der Waals surface area contributed by atoms with E-state index in [2.05, 4.69) is 29.4 Å². The molecule has 2 aromatic heterocycles. The minimum atomic E-state index is -4.35. The van der Waals surface area contributed by atoms with Gasteiger partial charge in [0.25, 0.3) is 5.91 Å². The van der Waals surface area contributed by atoms with E-state index in [1.165, 1.54) is 6.07 Å². The second kappa shape index (κ2) is 10.6. The Balaban J connectivity index is 1.60. The van der Waals surface area contributed by atoms with Crippen LogP contribution in [0.4, 0.5) is 27.8 Å². The maximum absolute atomic E-state index is 15.3. The third-order valence-electron chi connectivity index (χ3n) is 7.16. The molecule has 0 spiro atoms. The summed E-state index contributed by atoms with van der Waals surface area (Å²) in [5.41, 5.74) is 4.50. The molecule has 9 nitrogen and oxygen atoms in total. The zero-order chi connectivity index (χ0) is 29.5. The van der Waals surface area contributed by atoms with Gasteiger partial charge in [-0.05, 0) is 57.9 Å². The smallest absolute Gasteiger partial charge is 0.340 e. The Kier molecular flexibility index (Phi) is 7.82. The summed E-state index contributed by atoms with van der Waals surface area (Å²) in [6, 6.07) is 4.56. The number of nitrogens with two attached hydrogens (primary N) is 1. The maximum atomic E-state index is 15.3. The molecule has 3 atom stereocenters. The van der Waals surface area contributed by atoms with Gasteiger partial charge in [0.05, 0.1) is 21.2 Å². The van der Waals surface area contributed by atoms with Crippen molar-refractivity contribution < 1.29 is 35.7 Å². The van der Waals surface area contributed by atoms with Crippen molar-refractivity contribution >= 4 is 27.3 Å². The van der Waals surface area contributed by atoms with Crippen molar-refractivity contribution in [2.75, 3.05) is 18.5 Å². The number of carbonyl (C=O) groups excluding carboxylic acids is 1. The number of alkyl halides is 4. The topological polar surface area (TPSA) is 132 Å². The largest absolute Gasteiger partial charge is 0.485 e. The number of aliphatic imine (C=N–C) groups is 1. The van der Waals surface area contributed by atoms with Crippen molar-refractivity contribution in [3.8, 4) is 5.75 Å². The van der Waals surface area contributed by atoms with E-state index < -0.39 is 55.9 Å². The zero-order valence-corrected chi connectivity index (χ0v) is 22.8. The van der Waals surface area contributed by atoms with Crippen LogP contribution in [0.3, 0.4) is 0 Å². The fourth-order valence-corrected chi connectivity index (χ4v) is 7.93. The molecular weight excluding hydrogens is 559 g/mol. The highest BCUT2D eigenvalue weighted by molar-refractivity contribution is 7.96. The summed E-state index contributed by atoms with van der Waals surface area (Å²) in [4.78, 5) is 25.5. The fraction of sp³-hybridized carbons (Fsp3) is 0.520. The number of amides is 1. The standard InChI is InChI=1S/C25H29F5N6O3S/c1-23(2)22(31)36-24(3,17-6-4-5-11-33-40(17,23)38)19-15(26)8-10-18(34-19)35-20(37)16-9-7-14(12-32-16)39-13-25(29,30)21(27)28/h7-10,12,17,21H,4-6,11,13H2,1-3H3,(H2,31,36)(H,34,35,37)/t17-,24+,40+/m1/s1. The average Bonchev–Trinajstić information content (AvgIpc) is 3.11. The van der Waals surface area contributed by atoms with Gasteiger partial charge in [0.2, 0.25) is 0 Å². The van der Waals surface area contributed by atoms with Crippen LogP contribution in [0.2, 0.25) is 0 Å². The number of anilines is 1. The molecule has 1 amide bonds. The molecule has 2 aliphatic heterocycles. The lowest BCUT2D eigenvalue weighted by Crippen LogP contribution is -2.59. The third kappa shape index (κ3) is 5.22. The summed E-state index contributed by atoms with van der Waals surface area (Å²) >= 11 is 0. The fourth-order valence-electron chi connectivity index (χ4n) is 4.70. The molecule has 0 bridgehead atoms. The van der Waals surface area contributed by atoms with E-state index in [0.717, 1.165) is 30.8 Å². The number of pyridine rings is 2. The van der Waals surface area contributed by atoms with Crippen molar-refractivity contribution in [1.82, 2.24) is 9.97 Å². The van der Waals surface area contributed by atoms with Gasteiger partial charge in [-0.3, -0.25) is 9.79 Å². The molecule has 4 heterocycles. The van der Waals surface area contributed by atoms with Crippen LogP contribution in [-0.4, -0.2) is 61.4 Å². The lowest BCUT2D eigenvalue weighted by Gasteiger charge is -2.45. The summed E-state index contributed by atoms with van der Waals surface area (Å²) in [5, 5.41) is 1.79. The van der Waals surface area contributed by atoms with Crippen LogP contribution in [0.5, 0.6) is 5.75 Å². The first-order valence-corrected chi connectivity index (χ1v) is 14.0. The van der Waals surface area contributed by atoms with Gasteiger partial charge in [-0.15, -0.1) is 0 Å². The van der Waals surface area contributed by atoms with E-state index in [1.807, 2.05) is 0 Å². The summed E-state index contributed by atoms with van der Waals surface area (Å²) in [6.07, 6.45) is -1.09. The minimum absolute atomic E-state index is 0.0583. The number of hydrogen-bond acceptors (Lipinski definition) is 8. The number of fused-ring (bicyclic) bond motifs is 1. The van der Waals surface area contributed by atoms with E-state index in [0.29, 0.717) is 19.4 Å². The molecule has 15 heteroatoms. The molecule has 0 fully saturated rings. The van der Waals surface area contributed by atoms with E-state index >= 15 is 4.39 Å². The molecule has 0 aliphatic carbocycles. The second-order valence-electron chi connectivity index (χ2n) is 10.3. The Morgan fingerprint density at radius 2 is 1.95 bits per heavy atom. The van der Waals surface area contributed by atoms with Gasteiger partial charge in [0, 0.05) is 6.54 Å². The Hall–Kier alpha value is -3.36. The Morgan fingerprint density at radius 3 is 2.60 bits per heavy atom. The SMILES string of the molecule is CC1(C)C(N)=N[C@](C)(c2nc(NC(=O)c3ccc(OCC(F)(F)C(F)F)cn3)ccc2F)[C@H]2CCCCN=[S@]21=O. The van der Waals surface area contributed by atoms with Crippen LogP contribution in [0.15, 0.2) is 39.8 Å². The van der Waals surface area contributed by atoms with Crippen LogP contribution in [0, 0.1) is 5.82 Å². The number of hydrogen-bond donors (Lipinski definition) is 2. The molecule has 2 aliphatic rings. The molecular formula is C25H29F5N6O3S. The number of rotatable bonds is 7. The Morgan fingerprint density at radius 1 is 1.23 bits per heavy atom. The second-order valence-corrected chi connectivity index (χ2v) is 13.3. The molecule has 2 aromatic rings. The molecule has 0 unspecified atom stereocenters. The summed E-state index contributed by atoms with van der Waals surface area (Å²) in [7, 11) is -3.01. The molecule has 3 N–H and O–H groups in total. The summed E-state index contributed by atoms with van der Waals surface area (Å²) in [6.45, 7) is 3.85. The summed E-state index contributed by atoms with van der Waals surface area (Å²) < 4.78 is 88.5. The first-order chi connectivity index (χ1) is 18.6. The van der Waals surface area contributed by atoms with Crippen LogP contribution in [0.1, 0.15) is 56.2 Å². The van der Waals surface area contributed by atoms with Crippen LogP contribution in [0.25, 0.3) is 0 Å². The third-order valence-corrected chi connectivity index (χ3v) is 10.9. The van der Waals surface area contributed by atoms with E-state index in [-0.39, 0.29) is 28.8 Å². The van der Waals surface area contributed by atoms with E-state index in [9.17, 15) is 26.6 Å². The lowest BCUT2D eigenvalue weighted by atomic mass is 9.88. The van der Waals surface area contributed by atoms with Crippen molar-refractivity contribution in [2.24, 2.45) is 15.1 Å². The van der Waals surface area contributed by atoms with Gasteiger partial charge in [-0.1, -0.05) is 6.42 Å². The minimum Gasteiger partial charge on any atom is -0.485 e. The predicted molar refractivity (Wildman–Crippen MR) is 139 cm³/mol. The first-order valence-electron chi connectivity index (χ1n) is 12.4. The van der Waals surface area contributed by atoms with Crippen molar-refractivity contribution in [3.63, 3.8) is 0 Å². The lowest BCUT2D eigenvalue weighted by molar-refractivity contribution is -0.148. The number of nitrogens with zero attached hydrogens (tertiary/aromatic N) is 4. The van der Waals surface area contributed by atoms with Gasteiger partial charge < -0.3 is 15.8 Å². The van der Waals surface area contributed by atoms with Crippen molar-refractivity contribution in [2.45, 2.75) is 67.9 Å². The van der Waals surface area contributed by atoms with Crippen LogP contribution < -0.4 is 15.8 Å². The molecule has 0 radical (unpaired) electrons. The first kappa shape index (κ1) is 29.6. The average molecular weight is 589 g/mol. The van der Waals surface area contributed by atoms with Gasteiger partial charge in [-0.25, -0.2) is 31.7 Å². The monoisotopic (exact) mass is 588 g/mol. The highest BCUT2D eigenvalue weighted by Crippen LogP contribution is 2.46. The number of halogens is 5. The van der Waals surface area contributed by atoms with Gasteiger partial charge >= 0.3 is 12.3 Å². The normalized spacial score (nSPS) is 26.2. The molecule has 0 saturated carbocycles. The highest BCUT2D eigenvalue weighted by Gasteiger charge is 2.56. The Bertz CT molecular complexity index is 1440. The van der Waals surface area contributed by atoms with Crippen molar-refractivity contribution in [1.29, 1.82) is 0 Å². The van der Waals surface area contributed by atoms with Crippen LogP contribution in [-0.2, 0) is 15.3 Å². The number of aromatic nitrogens is 2. The number of amidine groups is 1. The molecule has 0 saturated heterocycles. The van der Waals surface area contributed by atoms with Crippen LogP contribution >= 0.6 is 0 Å². The Labute approximate surface area is 228 Å². The van der Waals surface area contributed by atoms with Crippen molar-refractivity contribution in [3.05, 3.63) is 47.7 Å². The number of carbonyl (C=O) groups is 1. The highest BCUT2D eigenvalue weighted by atomic mass is 32.2. The number of nitrogens with one attached hydrogen (secondary N) is 1. The summed E-state index contributed by atoms with van der Waals surface area (Å²) in [5.74, 6) is -6.10. The van der Waals surface area contributed by atoms with Gasteiger partial charge in [0.1, 0.15) is 44.9 Å². The molecule has 4 rings (SSSR count). The van der Waals surface area contributed by atoms with E-state index in [4.69, 9.17) is 5.73 Å². The van der Waals surface area contributed by atoms with Gasteiger partial charge in [-0.2, -0.15) is 8.78 Å². The maximum Gasteiger partial charge on any atom is 0.340 e. The zero-order valence-electron chi connectivity index (χ0n) is 22.0. The van der Waals surface area contributed by atoms with Gasteiger partial charge in [0.15, 0.2) is 6.61 Å². The van der Waals surface area contributed by atoms with E-state index in [1.54, 1.807) is 20.8 Å². The quantitative estimate of drug-likeness (QED) is 0.457. The molecule has 40 heavy (non-hydrogen) atoms. The number of ether oxygens (including phenoxy) is 1. The molecule has 0 aromatic carbocycles. The molecule has 218 valence electrons.